The van der Waals surface area contributed by atoms with Gasteiger partial charge >= 0.3 is 0 Å². The van der Waals surface area contributed by atoms with Gasteiger partial charge in [0.05, 0.1) is 9.82 Å². The van der Waals surface area contributed by atoms with E-state index in [0.29, 0.717) is 13.1 Å². The quantitative estimate of drug-likeness (QED) is 0.483. The summed E-state index contributed by atoms with van der Waals surface area (Å²) in [5, 5.41) is 12.3. The number of piperidine rings is 1. The molecule has 0 spiro atoms. The van der Waals surface area contributed by atoms with Gasteiger partial charge in [-0.15, -0.1) is 4.83 Å². The first-order valence-electron chi connectivity index (χ1n) is 6.21. The highest BCUT2D eigenvalue weighted by Gasteiger charge is 2.22. The van der Waals surface area contributed by atoms with E-state index in [0.717, 1.165) is 31.4 Å². The van der Waals surface area contributed by atoms with Crippen LogP contribution < -0.4 is 10.6 Å². The minimum absolute atomic E-state index is 0.0776. The Morgan fingerprint density at radius 1 is 1.25 bits per heavy atom. The van der Waals surface area contributed by atoms with E-state index < -0.39 is 14.9 Å². The number of nitro groups is 1. The molecule has 0 bridgehead atoms. The molecule has 0 amide bonds. The predicted molar refractivity (Wildman–Crippen MR) is 73.3 cm³/mol. The van der Waals surface area contributed by atoms with Gasteiger partial charge in [-0.05, 0) is 25.0 Å². The van der Waals surface area contributed by atoms with Crippen LogP contribution in [0.25, 0.3) is 0 Å². The number of hydrogen-bond donors (Lipinski definition) is 2. The Morgan fingerprint density at radius 3 is 2.45 bits per heavy atom. The number of nitrogens with zero attached hydrogens (tertiary/aromatic N) is 2. The van der Waals surface area contributed by atoms with Crippen LogP contribution >= 0.6 is 0 Å². The molecule has 1 aromatic carbocycles. The number of benzene rings is 1. The molecule has 9 heteroatoms. The maximum absolute atomic E-state index is 12.2. The summed E-state index contributed by atoms with van der Waals surface area (Å²) in [5.41, 5.74) is 5.03. The molecule has 110 valence electrons. The van der Waals surface area contributed by atoms with Crippen molar-refractivity contribution in [3.63, 3.8) is 0 Å². The fourth-order valence-electron chi connectivity index (χ4n) is 2.07. The van der Waals surface area contributed by atoms with E-state index in [1.807, 2.05) is 0 Å². The maximum Gasteiger partial charge on any atom is 0.292 e. The van der Waals surface area contributed by atoms with Crippen molar-refractivity contribution >= 4 is 21.4 Å². The Labute approximate surface area is 116 Å². The first-order chi connectivity index (χ1) is 9.40. The number of sulfonamides is 1. The van der Waals surface area contributed by atoms with Gasteiger partial charge in [-0.3, -0.25) is 10.1 Å². The van der Waals surface area contributed by atoms with Crippen molar-refractivity contribution in [1.82, 2.24) is 9.84 Å². The first kappa shape index (κ1) is 14.7. The summed E-state index contributed by atoms with van der Waals surface area (Å²) in [6.07, 6.45) is 2.96. The Balaban J connectivity index is 2.20. The molecule has 3 N–H and O–H groups in total. The topological polar surface area (TPSA) is 119 Å². The lowest BCUT2D eigenvalue weighted by atomic mass is 10.2. The maximum atomic E-state index is 12.2. The van der Waals surface area contributed by atoms with Gasteiger partial charge in [-0.25, -0.2) is 13.4 Å². The molecule has 1 aromatic rings. The van der Waals surface area contributed by atoms with Gasteiger partial charge in [0.2, 0.25) is 0 Å². The number of anilines is 1. The van der Waals surface area contributed by atoms with Gasteiger partial charge in [0.25, 0.3) is 15.7 Å². The lowest BCUT2D eigenvalue weighted by Crippen LogP contribution is -2.44. The number of hydrogen-bond acceptors (Lipinski definition) is 6. The lowest BCUT2D eigenvalue weighted by molar-refractivity contribution is -0.383. The SMILES string of the molecule is Nc1cc(S(=O)(=O)NN2CCCCC2)ccc1[N+](=O)[O-]. The van der Waals surface area contributed by atoms with Crippen molar-refractivity contribution in [2.75, 3.05) is 18.8 Å². The van der Waals surface area contributed by atoms with Gasteiger partial charge in [0.1, 0.15) is 5.69 Å². The summed E-state index contributed by atoms with van der Waals surface area (Å²) in [6, 6.07) is 3.38. The Hall–Kier alpha value is -1.71. The van der Waals surface area contributed by atoms with Crippen molar-refractivity contribution < 1.29 is 13.3 Å². The molecule has 1 saturated heterocycles. The van der Waals surface area contributed by atoms with E-state index in [-0.39, 0.29) is 16.3 Å². The smallest absolute Gasteiger partial charge is 0.292 e. The Morgan fingerprint density at radius 2 is 1.90 bits per heavy atom. The molecule has 1 heterocycles. The van der Waals surface area contributed by atoms with Gasteiger partial charge in [-0.1, -0.05) is 6.42 Å². The normalized spacial score (nSPS) is 17.0. The molecular weight excluding hydrogens is 284 g/mol. The van der Waals surface area contributed by atoms with Gasteiger partial charge in [-0.2, -0.15) is 0 Å². The van der Waals surface area contributed by atoms with E-state index in [4.69, 9.17) is 5.73 Å². The minimum Gasteiger partial charge on any atom is -0.393 e. The standard InChI is InChI=1S/C11H16N4O4S/c12-10-8-9(4-5-11(10)15(16)17)20(18,19)13-14-6-2-1-3-7-14/h4-5,8,13H,1-3,6-7,12H2. The second kappa shape index (κ2) is 5.73. The van der Waals surface area contributed by atoms with Crippen LogP contribution in [0.15, 0.2) is 23.1 Å². The number of nitrogen functional groups attached to an aromatic ring is 1. The zero-order valence-corrected chi connectivity index (χ0v) is 11.6. The lowest BCUT2D eigenvalue weighted by Gasteiger charge is -2.26. The van der Waals surface area contributed by atoms with Crippen LogP contribution in [-0.2, 0) is 10.0 Å². The van der Waals surface area contributed by atoms with Gasteiger partial charge in [0, 0.05) is 19.2 Å². The highest BCUT2D eigenvalue weighted by atomic mass is 32.2. The molecular formula is C11H16N4O4S. The molecule has 20 heavy (non-hydrogen) atoms. The number of nitrogens with two attached hydrogens (primary N) is 1. The molecule has 1 aliphatic rings. The molecule has 0 aromatic heterocycles. The number of nitrogens with one attached hydrogen (secondary N) is 1. The molecule has 0 atom stereocenters. The summed E-state index contributed by atoms with van der Waals surface area (Å²) < 4.78 is 24.3. The average Bonchev–Trinajstić information content (AvgIpc) is 2.38. The number of hydrazine groups is 1. The molecule has 2 rings (SSSR count). The fourth-order valence-corrected chi connectivity index (χ4v) is 3.23. The summed E-state index contributed by atoms with van der Waals surface area (Å²) in [4.78, 5) is 12.4. The van der Waals surface area contributed by atoms with Crippen molar-refractivity contribution in [2.45, 2.75) is 24.2 Å². The molecule has 0 unspecified atom stereocenters. The number of nitro benzene ring substituents is 1. The van der Waals surface area contributed by atoms with Crippen molar-refractivity contribution in [3.05, 3.63) is 28.3 Å². The Bertz CT molecular complexity index is 611. The van der Waals surface area contributed by atoms with Crippen LogP contribution in [0, 0.1) is 10.1 Å². The van der Waals surface area contributed by atoms with Crippen LogP contribution in [0.1, 0.15) is 19.3 Å². The largest absolute Gasteiger partial charge is 0.393 e. The van der Waals surface area contributed by atoms with Crippen molar-refractivity contribution in [3.8, 4) is 0 Å². The zero-order chi connectivity index (χ0) is 14.8. The highest BCUT2D eigenvalue weighted by molar-refractivity contribution is 7.89. The fraction of sp³-hybridized carbons (Fsp3) is 0.455. The summed E-state index contributed by atoms with van der Waals surface area (Å²) >= 11 is 0. The van der Waals surface area contributed by atoms with Crippen LogP contribution in [-0.4, -0.2) is 31.4 Å². The van der Waals surface area contributed by atoms with Crippen molar-refractivity contribution in [1.29, 1.82) is 0 Å². The van der Waals surface area contributed by atoms with Crippen molar-refractivity contribution in [2.24, 2.45) is 0 Å². The molecule has 0 aliphatic carbocycles. The second-order valence-corrected chi connectivity index (χ2v) is 6.28. The molecule has 1 aliphatic heterocycles. The average molecular weight is 300 g/mol. The monoisotopic (exact) mass is 300 g/mol. The van der Waals surface area contributed by atoms with Crippen LogP contribution in [0.3, 0.4) is 0 Å². The van der Waals surface area contributed by atoms with E-state index in [1.54, 1.807) is 5.01 Å². The van der Waals surface area contributed by atoms with Gasteiger partial charge in [0.15, 0.2) is 0 Å². The molecule has 1 fully saturated rings. The predicted octanol–water partition coefficient (Wildman–Crippen LogP) is 0.856. The number of rotatable bonds is 4. The zero-order valence-electron chi connectivity index (χ0n) is 10.8. The molecule has 0 saturated carbocycles. The third-order valence-electron chi connectivity index (χ3n) is 3.11. The molecule has 8 nitrogen and oxygen atoms in total. The van der Waals surface area contributed by atoms with Crippen LogP contribution in [0.4, 0.5) is 11.4 Å². The summed E-state index contributed by atoms with van der Waals surface area (Å²) in [7, 11) is -3.75. The molecule has 0 radical (unpaired) electrons. The van der Waals surface area contributed by atoms with Gasteiger partial charge < -0.3 is 5.73 Å². The third kappa shape index (κ3) is 3.24. The highest BCUT2D eigenvalue weighted by Crippen LogP contribution is 2.24. The van der Waals surface area contributed by atoms with E-state index in [2.05, 4.69) is 4.83 Å². The van der Waals surface area contributed by atoms with E-state index in [1.165, 1.54) is 6.07 Å². The summed E-state index contributed by atoms with van der Waals surface area (Å²) in [5.74, 6) is 0. The summed E-state index contributed by atoms with van der Waals surface area (Å²) in [6.45, 7) is 1.31. The third-order valence-corrected chi connectivity index (χ3v) is 4.48. The van der Waals surface area contributed by atoms with E-state index in [9.17, 15) is 18.5 Å². The minimum atomic E-state index is -3.75. The van der Waals surface area contributed by atoms with Crippen LogP contribution in [0.5, 0.6) is 0 Å². The second-order valence-electron chi connectivity index (χ2n) is 4.62. The van der Waals surface area contributed by atoms with Crippen LogP contribution in [0.2, 0.25) is 0 Å². The van der Waals surface area contributed by atoms with E-state index >= 15 is 0 Å². The first-order valence-corrected chi connectivity index (χ1v) is 7.70. The Kier molecular flexibility index (Phi) is 4.21.